The Morgan fingerprint density at radius 1 is 1.08 bits per heavy atom. The normalized spacial score (nSPS) is 10.9. The zero-order valence-corrected chi connectivity index (χ0v) is 15.3. The van der Waals surface area contributed by atoms with Crippen molar-refractivity contribution in [1.82, 2.24) is 10.2 Å². The van der Waals surface area contributed by atoms with Gasteiger partial charge in [0.25, 0.3) is 0 Å². The highest BCUT2D eigenvalue weighted by atomic mass is 35.5. The van der Waals surface area contributed by atoms with Crippen LogP contribution in [0.3, 0.4) is 0 Å². The molecule has 24 heavy (non-hydrogen) atoms. The van der Waals surface area contributed by atoms with Gasteiger partial charge in [-0.15, -0.1) is 0 Å². The van der Waals surface area contributed by atoms with Crippen LogP contribution in [0.5, 0.6) is 11.5 Å². The largest absolute Gasteiger partial charge is 0.493 e. The lowest BCUT2D eigenvalue weighted by molar-refractivity contribution is 0.280. The van der Waals surface area contributed by atoms with Crippen LogP contribution in [0, 0.1) is 0 Å². The fraction of sp³-hybridized carbons (Fsp3) is 0.368. The van der Waals surface area contributed by atoms with Crippen molar-refractivity contribution >= 4 is 11.6 Å². The number of rotatable bonds is 9. The molecule has 1 N–H and O–H groups in total. The Labute approximate surface area is 149 Å². The van der Waals surface area contributed by atoms with E-state index in [0.717, 1.165) is 47.3 Å². The van der Waals surface area contributed by atoms with Gasteiger partial charge in [0.15, 0.2) is 11.5 Å². The third kappa shape index (κ3) is 5.71. The van der Waals surface area contributed by atoms with Crippen molar-refractivity contribution in [2.75, 3.05) is 34.3 Å². The minimum Gasteiger partial charge on any atom is -0.493 e. The summed E-state index contributed by atoms with van der Waals surface area (Å²) in [7, 11) is 5.79. The van der Waals surface area contributed by atoms with Crippen molar-refractivity contribution in [2.45, 2.75) is 13.2 Å². The fourth-order valence-electron chi connectivity index (χ4n) is 2.29. The summed E-state index contributed by atoms with van der Waals surface area (Å²) in [5, 5.41) is 4.16. The molecule has 0 spiro atoms. The molecule has 0 saturated heterocycles. The smallest absolute Gasteiger partial charge is 0.166 e. The zero-order valence-electron chi connectivity index (χ0n) is 14.5. The quantitative estimate of drug-likeness (QED) is 0.702. The Morgan fingerprint density at radius 3 is 2.50 bits per heavy atom. The summed E-state index contributed by atoms with van der Waals surface area (Å²) >= 11 is 5.92. The van der Waals surface area contributed by atoms with Crippen LogP contribution in [0.2, 0.25) is 5.02 Å². The van der Waals surface area contributed by atoms with E-state index >= 15 is 0 Å². The van der Waals surface area contributed by atoms with Crippen LogP contribution >= 0.6 is 11.6 Å². The first-order valence-electron chi connectivity index (χ1n) is 7.98. The Bertz CT molecular complexity index is 630. The summed E-state index contributed by atoms with van der Waals surface area (Å²) in [5.74, 6) is 1.53. The number of benzene rings is 2. The molecule has 130 valence electrons. The number of hydrogen-bond donors (Lipinski definition) is 1. The minimum absolute atomic E-state index is 0.474. The number of hydrogen-bond acceptors (Lipinski definition) is 4. The van der Waals surface area contributed by atoms with Crippen molar-refractivity contribution in [3.63, 3.8) is 0 Å². The van der Waals surface area contributed by atoms with Gasteiger partial charge in [-0.05, 0) is 37.9 Å². The van der Waals surface area contributed by atoms with Crippen LogP contribution in [-0.4, -0.2) is 39.2 Å². The standard InChI is InChI=1S/C19H25ClN2O2/c1-22(2)12-11-21-13-16-5-4-6-18(23-3)19(16)24-14-15-7-9-17(20)10-8-15/h4-10,21H,11-14H2,1-3H3. The predicted molar refractivity (Wildman–Crippen MR) is 99.0 cm³/mol. The molecule has 2 rings (SSSR count). The van der Waals surface area contributed by atoms with Gasteiger partial charge in [0.2, 0.25) is 0 Å². The molecule has 2 aromatic rings. The molecule has 0 aliphatic heterocycles. The van der Waals surface area contributed by atoms with Crippen LogP contribution in [0.4, 0.5) is 0 Å². The summed E-state index contributed by atoms with van der Waals surface area (Å²) in [6, 6.07) is 13.6. The number of ether oxygens (including phenoxy) is 2. The molecule has 0 saturated carbocycles. The van der Waals surface area contributed by atoms with Gasteiger partial charge in [0.05, 0.1) is 7.11 Å². The molecule has 0 radical (unpaired) electrons. The average molecular weight is 349 g/mol. The molecule has 0 bridgehead atoms. The van der Waals surface area contributed by atoms with E-state index in [-0.39, 0.29) is 0 Å². The Hall–Kier alpha value is -1.75. The summed E-state index contributed by atoms with van der Waals surface area (Å²) in [4.78, 5) is 2.15. The summed E-state index contributed by atoms with van der Waals surface area (Å²) < 4.78 is 11.5. The van der Waals surface area contributed by atoms with Crippen LogP contribution < -0.4 is 14.8 Å². The number of nitrogens with zero attached hydrogens (tertiary/aromatic N) is 1. The lowest BCUT2D eigenvalue weighted by Crippen LogP contribution is -2.26. The van der Waals surface area contributed by atoms with E-state index in [1.54, 1.807) is 7.11 Å². The van der Waals surface area contributed by atoms with Gasteiger partial charge in [0, 0.05) is 30.2 Å². The van der Waals surface area contributed by atoms with E-state index in [1.807, 2.05) is 36.4 Å². The molecule has 0 unspecified atom stereocenters. The number of nitrogens with one attached hydrogen (secondary N) is 1. The van der Waals surface area contributed by atoms with Gasteiger partial charge in [0.1, 0.15) is 6.61 Å². The Kier molecular flexibility index (Phi) is 7.37. The number of likely N-dealkylation sites (N-methyl/N-ethyl adjacent to an activating group) is 1. The van der Waals surface area contributed by atoms with Crippen LogP contribution in [0.25, 0.3) is 0 Å². The molecule has 0 amide bonds. The average Bonchev–Trinajstić information content (AvgIpc) is 2.58. The Morgan fingerprint density at radius 2 is 1.83 bits per heavy atom. The van der Waals surface area contributed by atoms with Crippen LogP contribution in [-0.2, 0) is 13.2 Å². The van der Waals surface area contributed by atoms with E-state index in [9.17, 15) is 0 Å². The van der Waals surface area contributed by atoms with Crippen LogP contribution in [0.1, 0.15) is 11.1 Å². The molecule has 5 heteroatoms. The molecule has 4 nitrogen and oxygen atoms in total. The highest BCUT2D eigenvalue weighted by molar-refractivity contribution is 6.30. The minimum atomic E-state index is 0.474. The van der Waals surface area contributed by atoms with Gasteiger partial charge in [-0.3, -0.25) is 0 Å². The van der Waals surface area contributed by atoms with Crippen molar-refractivity contribution in [3.05, 3.63) is 58.6 Å². The first-order chi connectivity index (χ1) is 11.6. The third-order valence-corrected chi connectivity index (χ3v) is 3.88. The van der Waals surface area contributed by atoms with E-state index in [0.29, 0.717) is 6.61 Å². The number of halogens is 1. The van der Waals surface area contributed by atoms with E-state index in [1.165, 1.54) is 0 Å². The first kappa shape index (κ1) is 18.6. The molecule has 0 atom stereocenters. The molecular weight excluding hydrogens is 324 g/mol. The second-order valence-electron chi connectivity index (χ2n) is 5.84. The second kappa shape index (κ2) is 9.52. The Balaban J connectivity index is 2.03. The van der Waals surface area contributed by atoms with Gasteiger partial charge in [-0.1, -0.05) is 35.9 Å². The second-order valence-corrected chi connectivity index (χ2v) is 6.28. The van der Waals surface area contributed by atoms with Crippen molar-refractivity contribution in [3.8, 4) is 11.5 Å². The van der Waals surface area contributed by atoms with Gasteiger partial charge < -0.3 is 19.7 Å². The van der Waals surface area contributed by atoms with E-state index in [4.69, 9.17) is 21.1 Å². The topological polar surface area (TPSA) is 33.7 Å². The SMILES string of the molecule is COc1cccc(CNCCN(C)C)c1OCc1ccc(Cl)cc1. The number of para-hydroxylation sites is 1. The van der Waals surface area contributed by atoms with Gasteiger partial charge >= 0.3 is 0 Å². The predicted octanol–water partition coefficient (Wildman–Crippen LogP) is 3.58. The van der Waals surface area contributed by atoms with Crippen molar-refractivity contribution < 1.29 is 9.47 Å². The van der Waals surface area contributed by atoms with Gasteiger partial charge in [-0.2, -0.15) is 0 Å². The molecule has 0 aliphatic rings. The first-order valence-corrected chi connectivity index (χ1v) is 8.36. The lowest BCUT2D eigenvalue weighted by Gasteiger charge is -2.16. The van der Waals surface area contributed by atoms with E-state index < -0.39 is 0 Å². The monoisotopic (exact) mass is 348 g/mol. The maximum Gasteiger partial charge on any atom is 0.166 e. The summed E-state index contributed by atoms with van der Waals surface area (Å²) in [6.45, 7) is 3.12. The maximum absolute atomic E-state index is 6.04. The van der Waals surface area contributed by atoms with Crippen molar-refractivity contribution in [2.24, 2.45) is 0 Å². The maximum atomic E-state index is 6.04. The molecule has 2 aromatic carbocycles. The van der Waals surface area contributed by atoms with Gasteiger partial charge in [-0.25, -0.2) is 0 Å². The highest BCUT2D eigenvalue weighted by Gasteiger charge is 2.11. The molecule has 0 fully saturated rings. The van der Waals surface area contributed by atoms with Crippen molar-refractivity contribution in [1.29, 1.82) is 0 Å². The highest BCUT2D eigenvalue weighted by Crippen LogP contribution is 2.31. The zero-order chi connectivity index (χ0) is 17.4. The third-order valence-electron chi connectivity index (χ3n) is 3.63. The lowest BCUT2D eigenvalue weighted by atomic mass is 10.1. The molecule has 0 aliphatic carbocycles. The summed E-state index contributed by atoms with van der Waals surface area (Å²) in [5.41, 5.74) is 2.15. The number of methoxy groups -OCH3 is 1. The summed E-state index contributed by atoms with van der Waals surface area (Å²) in [6.07, 6.45) is 0. The fourth-order valence-corrected chi connectivity index (χ4v) is 2.41. The molecule has 0 aromatic heterocycles. The molecular formula is C19H25ClN2O2. The van der Waals surface area contributed by atoms with Crippen LogP contribution in [0.15, 0.2) is 42.5 Å². The molecule has 0 heterocycles. The van der Waals surface area contributed by atoms with E-state index in [2.05, 4.69) is 30.4 Å².